The van der Waals surface area contributed by atoms with E-state index in [1.807, 2.05) is 0 Å². The molecule has 1 N–H and O–H groups in total. The first-order valence-electron chi connectivity index (χ1n) is 7.28. The zero-order valence-electron chi connectivity index (χ0n) is 12.4. The summed E-state index contributed by atoms with van der Waals surface area (Å²) in [5.41, 5.74) is 2.80. The molecule has 1 aromatic rings. The molecule has 2 unspecified atom stereocenters. The predicted molar refractivity (Wildman–Crippen MR) is 79.5 cm³/mol. The molecule has 0 aromatic heterocycles. The fourth-order valence-corrected chi connectivity index (χ4v) is 2.85. The first kappa shape index (κ1) is 14.5. The van der Waals surface area contributed by atoms with Crippen LogP contribution >= 0.6 is 0 Å². The smallest absolute Gasteiger partial charge is 0.0639 e. The topological polar surface area (TPSA) is 24.5 Å². The fraction of sp³-hybridized carbons (Fsp3) is 0.625. The predicted octanol–water partition coefficient (Wildman–Crippen LogP) is 2.23. The number of hydrogen-bond acceptors (Lipinski definition) is 3. The lowest BCUT2D eigenvalue weighted by Crippen LogP contribution is -2.48. The van der Waals surface area contributed by atoms with Gasteiger partial charge in [-0.2, -0.15) is 0 Å². The van der Waals surface area contributed by atoms with Crippen LogP contribution in [0.1, 0.15) is 30.5 Å². The number of likely N-dealkylation sites (N-methyl/N-ethyl adjacent to an activating group) is 1. The molecule has 0 aliphatic carbocycles. The van der Waals surface area contributed by atoms with E-state index < -0.39 is 0 Å². The summed E-state index contributed by atoms with van der Waals surface area (Å²) in [4.78, 5) is 2.28. The Balaban J connectivity index is 2.13. The highest BCUT2D eigenvalue weighted by molar-refractivity contribution is 5.26. The molecule has 1 heterocycles. The summed E-state index contributed by atoms with van der Waals surface area (Å²) < 4.78 is 5.61. The molecular formula is C16H26N2O. The third-order valence-electron chi connectivity index (χ3n) is 3.75. The van der Waals surface area contributed by atoms with Gasteiger partial charge in [0.2, 0.25) is 0 Å². The van der Waals surface area contributed by atoms with E-state index in [0.29, 0.717) is 12.1 Å². The van der Waals surface area contributed by atoms with Crippen molar-refractivity contribution in [3.05, 3.63) is 35.4 Å². The van der Waals surface area contributed by atoms with E-state index in [9.17, 15) is 0 Å². The van der Waals surface area contributed by atoms with Gasteiger partial charge in [-0.15, -0.1) is 0 Å². The molecule has 0 saturated carbocycles. The molecule has 106 valence electrons. The van der Waals surface area contributed by atoms with E-state index in [1.54, 1.807) is 0 Å². The number of aryl methyl sites for hydroxylation is 1. The van der Waals surface area contributed by atoms with Crippen LogP contribution < -0.4 is 5.32 Å². The second-order valence-corrected chi connectivity index (χ2v) is 5.54. The summed E-state index contributed by atoms with van der Waals surface area (Å²) in [5, 5.41) is 3.57. The highest BCUT2D eigenvalue weighted by atomic mass is 16.5. The van der Waals surface area contributed by atoms with Crippen LogP contribution in [-0.2, 0) is 11.2 Å². The van der Waals surface area contributed by atoms with E-state index >= 15 is 0 Å². The van der Waals surface area contributed by atoms with Gasteiger partial charge >= 0.3 is 0 Å². The number of rotatable bonds is 5. The number of ether oxygens (including phenoxy) is 1. The van der Waals surface area contributed by atoms with Crippen LogP contribution in [-0.4, -0.2) is 44.8 Å². The van der Waals surface area contributed by atoms with Gasteiger partial charge in [0.25, 0.3) is 0 Å². The van der Waals surface area contributed by atoms with E-state index in [0.717, 1.165) is 26.2 Å². The standard InChI is InChI=1S/C16H26N2O/c1-4-5-13-6-8-14(9-7-13)16(18(2)3)15-12-19-11-10-17-15/h6-9,15-17H,4-5,10-12H2,1-3H3. The van der Waals surface area contributed by atoms with Crippen LogP contribution in [0.25, 0.3) is 0 Å². The number of hydrogen-bond donors (Lipinski definition) is 1. The lowest BCUT2D eigenvalue weighted by atomic mass is 9.96. The minimum absolute atomic E-state index is 0.371. The first-order valence-corrected chi connectivity index (χ1v) is 7.28. The second kappa shape index (κ2) is 7.04. The third kappa shape index (κ3) is 3.78. The Morgan fingerprint density at radius 2 is 2.05 bits per heavy atom. The Hall–Kier alpha value is -0.900. The summed E-state index contributed by atoms with van der Waals surface area (Å²) in [6.45, 7) is 4.79. The number of benzene rings is 1. The van der Waals surface area contributed by atoms with Crippen LogP contribution in [0.5, 0.6) is 0 Å². The summed E-state index contributed by atoms with van der Waals surface area (Å²) >= 11 is 0. The maximum absolute atomic E-state index is 5.61. The van der Waals surface area contributed by atoms with Crippen molar-refractivity contribution in [3.63, 3.8) is 0 Å². The minimum Gasteiger partial charge on any atom is -0.378 e. The molecule has 0 bridgehead atoms. The number of nitrogens with one attached hydrogen (secondary N) is 1. The molecule has 0 spiro atoms. The van der Waals surface area contributed by atoms with Crippen LogP contribution in [0.15, 0.2) is 24.3 Å². The van der Waals surface area contributed by atoms with Gasteiger partial charge in [0.05, 0.1) is 25.3 Å². The van der Waals surface area contributed by atoms with Gasteiger partial charge in [0.15, 0.2) is 0 Å². The van der Waals surface area contributed by atoms with Gasteiger partial charge < -0.3 is 15.0 Å². The van der Waals surface area contributed by atoms with E-state index in [4.69, 9.17) is 4.74 Å². The zero-order chi connectivity index (χ0) is 13.7. The second-order valence-electron chi connectivity index (χ2n) is 5.54. The van der Waals surface area contributed by atoms with Gasteiger partial charge in [0, 0.05) is 6.54 Å². The van der Waals surface area contributed by atoms with E-state index in [1.165, 1.54) is 17.5 Å². The first-order chi connectivity index (χ1) is 9.22. The maximum Gasteiger partial charge on any atom is 0.0639 e. The molecule has 1 fully saturated rings. The molecule has 0 amide bonds. The van der Waals surface area contributed by atoms with Crippen molar-refractivity contribution in [2.45, 2.75) is 31.8 Å². The van der Waals surface area contributed by atoms with Crippen molar-refractivity contribution in [2.75, 3.05) is 33.9 Å². The molecule has 19 heavy (non-hydrogen) atoms. The largest absolute Gasteiger partial charge is 0.378 e. The Labute approximate surface area is 116 Å². The van der Waals surface area contributed by atoms with Gasteiger partial charge in [0.1, 0.15) is 0 Å². The zero-order valence-corrected chi connectivity index (χ0v) is 12.4. The third-order valence-corrected chi connectivity index (χ3v) is 3.75. The highest BCUT2D eigenvalue weighted by Crippen LogP contribution is 2.24. The molecule has 3 nitrogen and oxygen atoms in total. The Morgan fingerprint density at radius 1 is 1.32 bits per heavy atom. The molecule has 1 saturated heterocycles. The molecule has 2 rings (SSSR count). The average Bonchev–Trinajstić information content (AvgIpc) is 2.42. The molecular weight excluding hydrogens is 236 g/mol. The van der Waals surface area contributed by atoms with Crippen molar-refractivity contribution in [1.29, 1.82) is 0 Å². The average molecular weight is 262 g/mol. The summed E-state index contributed by atoms with van der Waals surface area (Å²) in [6.07, 6.45) is 2.37. The Morgan fingerprint density at radius 3 is 2.58 bits per heavy atom. The normalized spacial score (nSPS) is 21.6. The maximum atomic E-state index is 5.61. The lowest BCUT2D eigenvalue weighted by Gasteiger charge is -2.35. The van der Waals surface area contributed by atoms with E-state index in [-0.39, 0.29) is 0 Å². The van der Waals surface area contributed by atoms with E-state index in [2.05, 4.69) is 55.5 Å². The molecule has 1 aliphatic rings. The molecule has 1 aliphatic heterocycles. The molecule has 2 atom stereocenters. The molecule has 0 radical (unpaired) electrons. The summed E-state index contributed by atoms with van der Waals surface area (Å²) in [5.74, 6) is 0. The van der Waals surface area contributed by atoms with Crippen LogP contribution in [0.2, 0.25) is 0 Å². The molecule has 3 heteroatoms. The number of morpholine rings is 1. The SMILES string of the molecule is CCCc1ccc(C(C2COCCN2)N(C)C)cc1. The van der Waals surface area contributed by atoms with Crippen LogP contribution in [0.3, 0.4) is 0 Å². The fourth-order valence-electron chi connectivity index (χ4n) is 2.85. The minimum atomic E-state index is 0.371. The summed E-state index contributed by atoms with van der Waals surface area (Å²) in [7, 11) is 4.28. The monoisotopic (exact) mass is 262 g/mol. The van der Waals surface area contributed by atoms with Crippen molar-refractivity contribution in [3.8, 4) is 0 Å². The number of nitrogens with zero attached hydrogens (tertiary/aromatic N) is 1. The lowest BCUT2D eigenvalue weighted by molar-refractivity contribution is 0.0459. The van der Waals surface area contributed by atoms with Crippen LogP contribution in [0.4, 0.5) is 0 Å². The van der Waals surface area contributed by atoms with Gasteiger partial charge in [-0.1, -0.05) is 37.6 Å². The van der Waals surface area contributed by atoms with Crippen molar-refractivity contribution in [2.24, 2.45) is 0 Å². The Kier molecular flexibility index (Phi) is 5.37. The summed E-state index contributed by atoms with van der Waals surface area (Å²) in [6, 6.07) is 9.81. The highest BCUT2D eigenvalue weighted by Gasteiger charge is 2.26. The van der Waals surface area contributed by atoms with Gasteiger partial charge in [-0.05, 0) is 31.6 Å². The Bertz CT molecular complexity index is 369. The quantitative estimate of drug-likeness (QED) is 0.880. The van der Waals surface area contributed by atoms with Gasteiger partial charge in [-0.25, -0.2) is 0 Å². The van der Waals surface area contributed by atoms with Gasteiger partial charge in [-0.3, -0.25) is 0 Å². The van der Waals surface area contributed by atoms with Crippen molar-refractivity contribution >= 4 is 0 Å². The van der Waals surface area contributed by atoms with Crippen LogP contribution in [0, 0.1) is 0 Å². The van der Waals surface area contributed by atoms with Crippen molar-refractivity contribution < 1.29 is 4.74 Å². The molecule has 1 aromatic carbocycles. The van der Waals surface area contributed by atoms with Crippen molar-refractivity contribution in [1.82, 2.24) is 10.2 Å².